The van der Waals surface area contributed by atoms with Gasteiger partial charge in [-0.25, -0.2) is 0 Å². The lowest BCUT2D eigenvalue weighted by molar-refractivity contribution is -0.118. The van der Waals surface area contributed by atoms with Crippen molar-refractivity contribution in [3.63, 3.8) is 0 Å². The standard InChI is InChI=1S/C29H33NO4/c1-6-33-26-16-22-17-28(31)30(23-12-8-20(9-13-23)19(3)4)29(25(22)18-27(26)34-7-2)21-10-14-24(32-5)15-11-21/h8-16,18-19,29H,6-7,17H2,1-5H3/t29-/m1/s1. The number of nitrogens with zero attached hydrogens (tertiary/aromatic N) is 1. The average molecular weight is 460 g/mol. The molecule has 1 atom stereocenters. The summed E-state index contributed by atoms with van der Waals surface area (Å²) < 4.78 is 17.2. The molecule has 1 amide bonds. The van der Waals surface area contributed by atoms with Crippen LogP contribution in [0.2, 0.25) is 0 Å². The van der Waals surface area contributed by atoms with E-state index in [1.54, 1.807) is 7.11 Å². The highest BCUT2D eigenvalue weighted by atomic mass is 16.5. The first-order valence-corrected chi connectivity index (χ1v) is 11.9. The third kappa shape index (κ3) is 4.60. The van der Waals surface area contributed by atoms with E-state index >= 15 is 0 Å². The molecule has 3 aromatic rings. The number of hydrogen-bond donors (Lipinski definition) is 0. The van der Waals surface area contributed by atoms with Crippen LogP contribution in [-0.4, -0.2) is 26.2 Å². The molecule has 3 aromatic carbocycles. The van der Waals surface area contributed by atoms with Gasteiger partial charge in [-0.15, -0.1) is 0 Å². The van der Waals surface area contributed by atoms with Crippen molar-refractivity contribution < 1.29 is 19.0 Å². The number of hydrogen-bond acceptors (Lipinski definition) is 4. The summed E-state index contributed by atoms with van der Waals surface area (Å²) in [5.41, 5.74) is 5.15. The first kappa shape index (κ1) is 23.7. The number of carbonyl (C=O) groups is 1. The highest BCUT2D eigenvalue weighted by Crippen LogP contribution is 2.43. The second-order valence-corrected chi connectivity index (χ2v) is 8.73. The normalized spacial score (nSPS) is 15.3. The zero-order chi connectivity index (χ0) is 24.2. The number of fused-ring (bicyclic) bond motifs is 1. The van der Waals surface area contributed by atoms with Gasteiger partial charge < -0.3 is 19.1 Å². The van der Waals surface area contributed by atoms with Crippen molar-refractivity contribution in [3.05, 3.63) is 82.9 Å². The average Bonchev–Trinajstić information content (AvgIpc) is 2.84. The van der Waals surface area contributed by atoms with E-state index in [2.05, 4.69) is 26.0 Å². The summed E-state index contributed by atoms with van der Waals surface area (Å²) in [4.78, 5) is 15.5. The third-order valence-corrected chi connectivity index (χ3v) is 6.24. The molecule has 1 heterocycles. The predicted molar refractivity (Wildman–Crippen MR) is 135 cm³/mol. The number of carbonyl (C=O) groups excluding carboxylic acids is 1. The van der Waals surface area contributed by atoms with E-state index < -0.39 is 0 Å². The van der Waals surface area contributed by atoms with E-state index in [1.807, 2.05) is 67.3 Å². The van der Waals surface area contributed by atoms with Crippen LogP contribution < -0.4 is 19.1 Å². The topological polar surface area (TPSA) is 48.0 Å². The lowest BCUT2D eigenvalue weighted by Crippen LogP contribution is -2.41. The van der Waals surface area contributed by atoms with Gasteiger partial charge in [0, 0.05) is 5.69 Å². The number of anilines is 1. The molecule has 0 aliphatic carbocycles. The van der Waals surface area contributed by atoms with Crippen LogP contribution in [0.5, 0.6) is 17.2 Å². The van der Waals surface area contributed by atoms with Gasteiger partial charge in [0.25, 0.3) is 0 Å². The molecule has 0 bridgehead atoms. The monoisotopic (exact) mass is 459 g/mol. The van der Waals surface area contributed by atoms with E-state index in [4.69, 9.17) is 14.2 Å². The second-order valence-electron chi connectivity index (χ2n) is 8.73. The van der Waals surface area contributed by atoms with Crippen molar-refractivity contribution in [2.75, 3.05) is 25.2 Å². The van der Waals surface area contributed by atoms with E-state index in [-0.39, 0.29) is 11.9 Å². The Morgan fingerprint density at radius 2 is 1.53 bits per heavy atom. The molecule has 0 aromatic heterocycles. The Balaban J connectivity index is 1.88. The molecule has 4 rings (SSSR count). The van der Waals surface area contributed by atoms with Gasteiger partial charge in [0.05, 0.1) is 32.8 Å². The van der Waals surface area contributed by atoms with Crippen LogP contribution in [-0.2, 0) is 11.2 Å². The highest BCUT2D eigenvalue weighted by molar-refractivity contribution is 5.98. The maximum Gasteiger partial charge on any atom is 0.232 e. The van der Waals surface area contributed by atoms with Gasteiger partial charge in [0.15, 0.2) is 11.5 Å². The molecule has 1 aliphatic rings. The smallest absolute Gasteiger partial charge is 0.232 e. The van der Waals surface area contributed by atoms with Gasteiger partial charge in [-0.2, -0.15) is 0 Å². The van der Waals surface area contributed by atoms with Crippen molar-refractivity contribution in [2.24, 2.45) is 0 Å². The SMILES string of the molecule is CCOc1cc2c(cc1OCC)[C@@H](c1ccc(OC)cc1)N(c1ccc(C(C)C)cc1)C(=O)C2. The van der Waals surface area contributed by atoms with Crippen molar-refractivity contribution in [1.29, 1.82) is 0 Å². The summed E-state index contributed by atoms with van der Waals surface area (Å²) in [6.45, 7) is 9.31. The maximum atomic E-state index is 13.6. The van der Waals surface area contributed by atoms with Crippen LogP contribution >= 0.6 is 0 Å². The zero-order valence-corrected chi connectivity index (χ0v) is 20.6. The quantitative estimate of drug-likeness (QED) is 0.397. The Morgan fingerprint density at radius 3 is 2.09 bits per heavy atom. The van der Waals surface area contributed by atoms with E-state index in [0.717, 1.165) is 28.1 Å². The molecule has 5 heteroatoms. The summed E-state index contributed by atoms with van der Waals surface area (Å²) in [5, 5.41) is 0. The van der Waals surface area contributed by atoms with Crippen LogP contribution in [0.25, 0.3) is 0 Å². The summed E-state index contributed by atoms with van der Waals surface area (Å²) in [7, 11) is 1.65. The van der Waals surface area contributed by atoms with Gasteiger partial charge in [-0.3, -0.25) is 4.79 Å². The minimum Gasteiger partial charge on any atom is -0.497 e. The lowest BCUT2D eigenvalue weighted by atomic mass is 9.86. The molecule has 5 nitrogen and oxygen atoms in total. The molecule has 0 fully saturated rings. The Hall–Kier alpha value is -3.47. The molecule has 34 heavy (non-hydrogen) atoms. The Bertz CT molecular complexity index is 1140. The van der Waals surface area contributed by atoms with E-state index in [9.17, 15) is 4.79 Å². The van der Waals surface area contributed by atoms with Gasteiger partial charge in [-0.05, 0) is 78.4 Å². The van der Waals surface area contributed by atoms with Crippen molar-refractivity contribution >= 4 is 11.6 Å². The molecule has 0 saturated heterocycles. The first-order chi connectivity index (χ1) is 16.5. The number of methoxy groups -OCH3 is 1. The number of rotatable bonds is 8. The van der Waals surface area contributed by atoms with Crippen LogP contribution in [0, 0.1) is 0 Å². The van der Waals surface area contributed by atoms with Crippen molar-refractivity contribution in [2.45, 2.75) is 46.1 Å². The van der Waals surface area contributed by atoms with Crippen LogP contribution in [0.3, 0.4) is 0 Å². The summed E-state index contributed by atoms with van der Waals surface area (Å²) in [5.74, 6) is 2.64. The minimum atomic E-state index is -0.290. The molecule has 0 radical (unpaired) electrons. The van der Waals surface area contributed by atoms with Crippen molar-refractivity contribution in [1.82, 2.24) is 0 Å². The molecular formula is C29H33NO4. The van der Waals surface area contributed by atoms with E-state index in [1.165, 1.54) is 5.56 Å². The lowest BCUT2D eigenvalue weighted by Gasteiger charge is -2.38. The van der Waals surface area contributed by atoms with Crippen LogP contribution in [0.15, 0.2) is 60.7 Å². The Kier molecular flexibility index (Phi) is 7.11. The Morgan fingerprint density at radius 1 is 0.912 bits per heavy atom. The summed E-state index contributed by atoms with van der Waals surface area (Å²) in [6.07, 6.45) is 0.306. The number of amides is 1. The third-order valence-electron chi connectivity index (χ3n) is 6.24. The van der Waals surface area contributed by atoms with Gasteiger partial charge in [-0.1, -0.05) is 38.1 Å². The van der Waals surface area contributed by atoms with Gasteiger partial charge in [0.2, 0.25) is 5.91 Å². The maximum absolute atomic E-state index is 13.6. The minimum absolute atomic E-state index is 0.0530. The zero-order valence-electron chi connectivity index (χ0n) is 20.6. The fourth-order valence-corrected chi connectivity index (χ4v) is 4.52. The molecule has 0 N–H and O–H groups in total. The Labute approximate surface area is 202 Å². The fourth-order valence-electron chi connectivity index (χ4n) is 4.52. The largest absolute Gasteiger partial charge is 0.497 e. The van der Waals surface area contributed by atoms with Crippen LogP contribution in [0.4, 0.5) is 5.69 Å². The van der Waals surface area contributed by atoms with E-state index in [0.29, 0.717) is 37.1 Å². The van der Waals surface area contributed by atoms with Crippen LogP contribution in [0.1, 0.15) is 61.9 Å². The fraction of sp³-hybridized carbons (Fsp3) is 0.345. The second kappa shape index (κ2) is 10.2. The number of ether oxygens (including phenoxy) is 3. The first-order valence-electron chi connectivity index (χ1n) is 11.9. The highest BCUT2D eigenvalue weighted by Gasteiger charge is 2.36. The number of benzene rings is 3. The summed E-state index contributed by atoms with van der Waals surface area (Å²) in [6, 6.07) is 20.0. The van der Waals surface area contributed by atoms with Gasteiger partial charge in [0.1, 0.15) is 5.75 Å². The molecule has 0 spiro atoms. The molecule has 1 aliphatic heterocycles. The molecule has 0 unspecified atom stereocenters. The van der Waals surface area contributed by atoms with Crippen molar-refractivity contribution in [3.8, 4) is 17.2 Å². The molecular weight excluding hydrogens is 426 g/mol. The van der Waals surface area contributed by atoms with Gasteiger partial charge >= 0.3 is 0 Å². The predicted octanol–water partition coefficient (Wildman–Crippen LogP) is 6.29. The summed E-state index contributed by atoms with van der Waals surface area (Å²) >= 11 is 0. The molecule has 178 valence electrons. The molecule has 0 saturated carbocycles.